The average molecular weight is 264 g/mol. The van der Waals surface area contributed by atoms with Gasteiger partial charge in [-0.2, -0.15) is 0 Å². The van der Waals surface area contributed by atoms with Crippen molar-refractivity contribution in [2.45, 2.75) is 25.8 Å². The van der Waals surface area contributed by atoms with Gasteiger partial charge in [-0.3, -0.25) is 4.79 Å². The number of piperidine rings is 1. The molecule has 100 valence electrons. The summed E-state index contributed by atoms with van der Waals surface area (Å²) in [5, 5.41) is 3.14. The van der Waals surface area contributed by atoms with Crippen molar-refractivity contribution in [1.82, 2.24) is 9.62 Å². The van der Waals surface area contributed by atoms with E-state index in [9.17, 15) is 13.2 Å². The minimum Gasteiger partial charge on any atom is -0.465 e. The fraction of sp³-hybridized carbons (Fsp3) is 0.900. The lowest BCUT2D eigenvalue weighted by atomic mass is 10.1. The first-order valence-electron chi connectivity index (χ1n) is 5.79. The third-order valence-corrected chi connectivity index (χ3v) is 4.61. The molecule has 1 atom stereocenters. The van der Waals surface area contributed by atoms with Crippen molar-refractivity contribution in [1.29, 1.82) is 0 Å². The summed E-state index contributed by atoms with van der Waals surface area (Å²) < 4.78 is 29.8. The molecule has 1 N–H and O–H groups in total. The van der Waals surface area contributed by atoms with Crippen LogP contribution in [0.25, 0.3) is 0 Å². The van der Waals surface area contributed by atoms with Gasteiger partial charge in [0.25, 0.3) is 0 Å². The second-order valence-electron chi connectivity index (χ2n) is 4.08. The number of nitrogens with zero attached hydrogens (tertiary/aromatic N) is 1. The molecule has 0 amide bonds. The number of nitrogens with one attached hydrogen (secondary N) is 1. The van der Waals surface area contributed by atoms with E-state index >= 15 is 0 Å². The molecule has 0 spiro atoms. The van der Waals surface area contributed by atoms with Crippen LogP contribution in [-0.2, 0) is 19.6 Å². The molecule has 0 aromatic carbocycles. The molecule has 17 heavy (non-hydrogen) atoms. The van der Waals surface area contributed by atoms with Crippen LogP contribution in [0.4, 0.5) is 0 Å². The van der Waals surface area contributed by atoms with Crippen molar-refractivity contribution < 1.29 is 17.9 Å². The highest BCUT2D eigenvalue weighted by Crippen LogP contribution is 2.13. The maximum atomic E-state index is 11.9. The lowest BCUT2D eigenvalue weighted by molar-refractivity contribution is -0.140. The Hall–Kier alpha value is -0.660. The largest absolute Gasteiger partial charge is 0.465 e. The van der Waals surface area contributed by atoms with Crippen LogP contribution in [-0.4, -0.2) is 57.2 Å². The van der Waals surface area contributed by atoms with Gasteiger partial charge in [-0.05, 0) is 26.3 Å². The summed E-state index contributed by atoms with van der Waals surface area (Å²) in [4.78, 5) is 11.2. The van der Waals surface area contributed by atoms with Crippen LogP contribution >= 0.6 is 0 Å². The summed E-state index contributed by atoms with van der Waals surface area (Å²) in [5.41, 5.74) is 0. The van der Waals surface area contributed by atoms with Crippen molar-refractivity contribution in [2.24, 2.45) is 0 Å². The Morgan fingerprint density at radius 2 is 2.24 bits per heavy atom. The van der Waals surface area contributed by atoms with Crippen LogP contribution < -0.4 is 5.32 Å². The van der Waals surface area contributed by atoms with Crippen molar-refractivity contribution in [3.63, 3.8) is 0 Å². The Kier molecular flexibility index (Phi) is 5.35. The Labute approximate surface area is 102 Å². The van der Waals surface area contributed by atoms with Crippen LogP contribution in [0.3, 0.4) is 0 Å². The number of carbonyl (C=O) groups is 1. The van der Waals surface area contributed by atoms with Gasteiger partial charge in [-0.25, -0.2) is 12.7 Å². The lowest BCUT2D eigenvalue weighted by Gasteiger charge is -2.30. The zero-order valence-corrected chi connectivity index (χ0v) is 11.1. The minimum absolute atomic E-state index is 0.0665. The van der Waals surface area contributed by atoms with Crippen LogP contribution in [0.1, 0.15) is 19.8 Å². The second kappa shape index (κ2) is 6.32. The average Bonchev–Trinajstić information content (AvgIpc) is 2.28. The molecule has 0 bridgehead atoms. The van der Waals surface area contributed by atoms with E-state index in [2.05, 4.69) is 10.1 Å². The molecule has 0 aromatic heterocycles. The quantitative estimate of drug-likeness (QED) is 0.682. The summed E-state index contributed by atoms with van der Waals surface area (Å²) in [6, 6.07) is -0.0665. The van der Waals surface area contributed by atoms with E-state index in [-0.39, 0.29) is 12.6 Å². The first-order valence-corrected chi connectivity index (χ1v) is 7.40. The van der Waals surface area contributed by atoms with Crippen LogP contribution in [0.2, 0.25) is 0 Å². The van der Waals surface area contributed by atoms with E-state index in [1.165, 1.54) is 11.4 Å². The highest BCUT2D eigenvalue weighted by molar-refractivity contribution is 7.89. The number of hydrogen-bond donors (Lipinski definition) is 1. The number of likely N-dealkylation sites (N-methyl/N-ethyl adjacent to an activating group) is 1. The number of carbonyl (C=O) groups excluding carboxylic acids is 1. The van der Waals surface area contributed by atoms with Crippen molar-refractivity contribution >= 4 is 16.0 Å². The fourth-order valence-electron chi connectivity index (χ4n) is 1.82. The maximum Gasteiger partial charge on any atom is 0.322 e. The van der Waals surface area contributed by atoms with Gasteiger partial charge in [0.2, 0.25) is 10.0 Å². The Morgan fingerprint density at radius 1 is 1.53 bits per heavy atom. The van der Waals surface area contributed by atoms with Gasteiger partial charge in [0.05, 0.1) is 6.61 Å². The highest BCUT2D eigenvalue weighted by atomic mass is 32.2. The van der Waals surface area contributed by atoms with Gasteiger partial charge < -0.3 is 10.1 Å². The first kappa shape index (κ1) is 14.4. The van der Waals surface area contributed by atoms with E-state index in [1.54, 1.807) is 6.92 Å². The second-order valence-corrected chi connectivity index (χ2v) is 6.11. The first-order chi connectivity index (χ1) is 7.97. The Balaban J connectivity index is 2.59. The van der Waals surface area contributed by atoms with E-state index in [4.69, 9.17) is 0 Å². The van der Waals surface area contributed by atoms with Crippen LogP contribution in [0.5, 0.6) is 0 Å². The summed E-state index contributed by atoms with van der Waals surface area (Å²) in [6.45, 7) is 3.41. The van der Waals surface area contributed by atoms with Crippen LogP contribution in [0, 0.1) is 0 Å². The zero-order valence-electron chi connectivity index (χ0n) is 10.3. The Bertz CT molecular complexity index is 349. The SMILES string of the molecule is CCOC(=O)CS(=O)(=O)N(C)C1CCCNC1. The van der Waals surface area contributed by atoms with Crippen molar-refractivity contribution in [3.05, 3.63) is 0 Å². The molecular formula is C10H20N2O4S. The third-order valence-electron chi connectivity index (χ3n) is 2.83. The van der Waals surface area contributed by atoms with E-state index in [0.717, 1.165) is 19.4 Å². The molecule has 7 heteroatoms. The molecule has 0 saturated carbocycles. The fourth-order valence-corrected chi connectivity index (χ4v) is 3.04. The standard InChI is InChI=1S/C10H20N2O4S/c1-3-16-10(13)8-17(14,15)12(2)9-5-4-6-11-7-9/h9,11H,3-8H2,1-2H3. The normalized spacial score (nSPS) is 21.5. The summed E-state index contributed by atoms with van der Waals surface area (Å²) in [5.74, 6) is -1.27. The monoisotopic (exact) mass is 264 g/mol. The zero-order chi connectivity index (χ0) is 12.9. The topological polar surface area (TPSA) is 75.7 Å². The molecule has 1 rings (SSSR count). The van der Waals surface area contributed by atoms with E-state index in [0.29, 0.717) is 6.54 Å². The van der Waals surface area contributed by atoms with E-state index in [1.807, 2.05) is 0 Å². The van der Waals surface area contributed by atoms with Gasteiger partial charge in [-0.1, -0.05) is 0 Å². The smallest absolute Gasteiger partial charge is 0.322 e. The number of sulfonamides is 1. The molecule has 0 aliphatic carbocycles. The molecule has 6 nitrogen and oxygen atoms in total. The Morgan fingerprint density at radius 3 is 2.76 bits per heavy atom. The molecule has 0 aromatic rings. The minimum atomic E-state index is -3.56. The number of esters is 1. The number of ether oxygens (including phenoxy) is 1. The van der Waals surface area contributed by atoms with Gasteiger partial charge >= 0.3 is 5.97 Å². The number of hydrogen-bond acceptors (Lipinski definition) is 5. The third kappa shape index (κ3) is 4.25. The van der Waals surface area contributed by atoms with Crippen molar-refractivity contribution in [3.8, 4) is 0 Å². The summed E-state index contributed by atoms with van der Waals surface area (Å²) >= 11 is 0. The molecule has 0 radical (unpaired) electrons. The lowest BCUT2D eigenvalue weighted by Crippen LogP contribution is -2.48. The summed E-state index contributed by atoms with van der Waals surface area (Å²) in [6.07, 6.45) is 1.77. The predicted molar refractivity (Wildman–Crippen MR) is 64.1 cm³/mol. The molecule has 1 heterocycles. The van der Waals surface area contributed by atoms with Gasteiger partial charge in [0.1, 0.15) is 0 Å². The van der Waals surface area contributed by atoms with E-state index < -0.39 is 21.7 Å². The van der Waals surface area contributed by atoms with Gasteiger partial charge in [-0.15, -0.1) is 0 Å². The summed E-state index contributed by atoms with van der Waals surface area (Å²) in [7, 11) is -2.04. The van der Waals surface area contributed by atoms with Crippen LogP contribution in [0.15, 0.2) is 0 Å². The molecule has 1 fully saturated rings. The maximum absolute atomic E-state index is 11.9. The van der Waals surface area contributed by atoms with Crippen molar-refractivity contribution in [2.75, 3.05) is 32.5 Å². The molecule has 1 unspecified atom stereocenters. The highest BCUT2D eigenvalue weighted by Gasteiger charge is 2.29. The number of rotatable bonds is 5. The molecule has 1 saturated heterocycles. The molecular weight excluding hydrogens is 244 g/mol. The van der Waals surface area contributed by atoms with Gasteiger partial charge in [0, 0.05) is 19.6 Å². The van der Waals surface area contributed by atoms with Gasteiger partial charge in [0.15, 0.2) is 5.75 Å². The molecule has 1 aliphatic rings. The predicted octanol–water partition coefficient (Wildman–Crippen LogP) is -0.437. The molecule has 1 aliphatic heterocycles.